The van der Waals surface area contributed by atoms with Crippen molar-refractivity contribution >= 4 is 11.7 Å². The first kappa shape index (κ1) is 36.0. The zero-order valence-corrected chi connectivity index (χ0v) is 26.9. The second-order valence-corrected chi connectivity index (χ2v) is 12.5. The summed E-state index contributed by atoms with van der Waals surface area (Å²) in [6.07, 6.45) is 33.9. The smallest absolute Gasteiger partial charge is 0.220 e. The molecule has 4 nitrogen and oxygen atoms in total. The monoisotopic (exact) mass is 548 g/mol. The molecule has 1 rings (SSSR count). The van der Waals surface area contributed by atoms with Gasteiger partial charge in [-0.05, 0) is 19.3 Å². The molecule has 39 heavy (non-hydrogen) atoms. The standard InChI is InChI=1S/C35H69N3O/c1-4-7-9-11-13-15-17-18-19-20-22-24-26-28-33(39)38-32-35(6-3,34-36-30-31-37-34)29-27-25-23-21-16-14-12-10-8-5-2/h4-32H2,1-3H3,(H,36,37)(H,38,39). The number of hydrogen-bond acceptors (Lipinski definition) is 3. The predicted octanol–water partition coefficient (Wildman–Crippen LogP) is 10.3. The van der Waals surface area contributed by atoms with E-state index in [0.29, 0.717) is 6.42 Å². The molecule has 0 saturated carbocycles. The maximum Gasteiger partial charge on any atom is 0.220 e. The lowest BCUT2D eigenvalue weighted by atomic mass is 9.78. The normalized spacial score (nSPS) is 14.7. The van der Waals surface area contributed by atoms with Crippen molar-refractivity contribution in [2.24, 2.45) is 10.4 Å². The van der Waals surface area contributed by atoms with Crippen molar-refractivity contribution in [3.63, 3.8) is 0 Å². The number of carbonyl (C=O) groups excluding carboxylic acids is 1. The summed E-state index contributed by atoms with van der Waals surface area (Å²) < 4.78 is 0. The van der Waals surface area contributed by atoms with Gasteiger partial charge in [-0.3, -0.25) is 9.79 Å². The molecule has 1 aliphatic rings. The molecule has 0 aromatic rings. The Kier molecular flexibility index (Phi) is 23.9. The van der Waals surface area contributed by atoms with Crippen LogP contribution in [-0.4, -0.2) is 31.4 Å². The van der Waals surface area contributed by atoms with Crippen LogP contribution in [0.4, 0.5) is 0 Å². The molecule has 1 aliphatic heterocycles. The van der Waals surface area contributed by atoms with Crippen LogP contribution in [0.25, 0.3) is 0 Å². The van der Waals surface area contributed by atoms with Crippen molar-refractivity contribution in [3.8, 4) is 0 Å². The summed E-state index contributed by atoms with van der Waals surface area (Å²) in [5.74, 6) is 1.39. The van der Waals surface area contributed by atoms with Crippen molar-refractivity contribution < 1.29 is 4.79 Å². The van der Waals surface area contributed by atoms with Crippen LogP contribution in [-0.2, 0) is 4.79 Å². The fourth-order valence-corrected chi connectivity index (χ4v) is 6.12. The maximum absolute atomic E-state index is 12.7. The van der Waals surface area contributed by atoms with E-state index in [1.54, 1.807) is 0 Å². The number of aliphatic imine (C=N–C) groups is 1. The lowest BCUT2D eigenvalue weighted by Crippen LogP contribution is -2.47. The van der Waals surface area contributed by atoms with Gasteiger partial charge in [0.05, 0.1) is 6.54 Å². The molecule has 0 aliphatic carbocycles. The van der Waals surface area contributed by atoms with Crippen LogP contribution in [0, 0.1) is 5.41 Å². The van der Waals surface area contributed by atoms with E-state index in [2.05, 4.69) is 31.4 Å². The molecule has 0 radical (unpaired) electrons. The highest BCUT2D eigenvalue weighted by molar-refractivity contribution is 5.90. The van der Waals surface area contributed by atoms with Gasteiger partial charge in [-0.1, -0.05) is 162 Å². The van der Waals surface area contributed by atoms with Crippen molar-refractivity contribution in [3.05, 3.63) is 0 Å². The lowest BCUT2D eigenvalue weighted by molar-refractivity contribution is -0.121. The minimum atomic E-state index is -0.0116. The summed E-state index contributed by atoms with van der Waals surface area (Å²) >= 11 is 0. The third-order valence-electron chi connectivity index (χ3n) is 8.99. The van der Waals surface area contributed by atoms with Crippen LogP contribution >= 0.6 is 0 Å². The number of nitrogens with zero attached hydrogens (tertiary/aromatic N) is 1. The molecular formula is C35H69N3O. The van der Waals surface area contributed by atoms with Gasteiger partial charge in [-0.15, -0.1) is 0 Å². The van der Waals surface area contributed by atoms with Gasteiger partial charge in [0.1, 0.15) is 5.84 Å². The van der Waals surface area contributed by atoms with E-state index in [9.17, 15) is 4.79 Å². The first-order valence-corrected chi connectivity index (χ1v) is 17.7. The highest BCUT2D eigenvalue weighted by Gasteiger charge is 2.35. The molecule has 1 heterocycles. The number of hydrogen-bond donors (Lipinski definition) is 2. The Balaban J connectivity index is 2.16. The number of carbonyl (C=O) groups is 1. The highest BCUT2D eigenvalue weighted by Crippen LogP contribution is 2.31. The first-order valence-electron chi connectivity index (χ1n) is 17.7. The van der Waals surface area contributed by atoms with E-state index >= 15 is 0 Å². The molecule has 0 aromatic carbocycles. The molecule has 1 unspecified atom stereocenters. The molecule has 0 spiro atoms. The van der Waals surface area contributed by atoms with Gasteiger partial charge >= 0.3 is 0 Å². The van der Waals surface area contributed by atoms with Crippen molar-refractivity contribution in [2.45, 2.75) is 188 Å². The maximum atomic E-state index is 12.7. The molecular weight excluding hydrogens is 478 g/mol. The van der Waals surface area contributed by atoms with E-state index in [0.717, 1.165) is 44.7 Å². The van der Waals surface area contributed by atoms with Crippen LogP contribution in [0.5, 0.6) is 0 Å². The number of unbranched alkanes of at least 4 members (excludes halogenated alkanes) is 21. The third-order valence-corrected chi connectivity index (χ3v) is 8.99. The summed E-state index contributed by atoms with van der Waals surface area (Å²) in [5.41, 5.74) is -0.0116. The Morgan fingerprint density at radius 2 is 1.10 bits per heavy atom. The minimum absolute atomic E-state index is 0.0116. The quantitative estimate of drug-likeness (QED) is 0.0915. The van der Waals surface area contributed by atoms with E-state index < -0.39 is 0 Å². The Bertz CT molecular complexity index is 590. The summed E-state index contributed by atoms with van der Waals surface area (Å²) in [6.45, 7) is 9.41. The van der Waals surface area contributed by atoms with Gasteiger partial charge in [0.25, 0.3) is 0 Å². The van der Waals surface area contributed by atoms with Gasteiger partial charge in [-0.2, -0.15) is 0 Å². The van der Waals surface area contributed by atoms with Crippen LogP contribution in [0.3, 0.4) is 0 Å². The third kappa shape index (κ3) is 18.8. The lowest BCUT2D eigenvalue weighted by Gasteiger charge is -2.33. The number of rotatable bonds is 29. The van der Waals surface area contributed by atoms with Crippen LogP contribution < -0.4 is 10.6 Å². The highest BCUT2D eigenvalue weighted by atomic mass is 16.1. The molecule has 1 amide bonds. The second-order valence-electron chi connectivity index (χ2n) is 12.5. The topological polar surface area (TPSA) is 53.5 Å². The zero-order chi connectivity index (χ0) is 28.3. The second kappa shape index (κ2) is 25.9. The summed E-state index contributed by atoms with van der Waals surface area (Å²) in [6, 6.07) is 0. The average Bonchev–Trinajstić information content (AvgIpc) is 3.50. The molecule has 0 bridgehead atoms. The molecule has 230 valence electrons. The molecule has 0 aromatic heterocycles. The fraction of sp³-hybridized carbons (Fsp3) is 0.943. The zero-order valence-electron chi connectivity index (χ0n) is 26.9. The molecule has 0 fully saturated rings. The van der Waals surface area contributed by atoms with Crippen molar-refractivity contribution in [2.75, 3.05) is 19.6 Å². The summed E-state index contributed by atoms with van der Waals surface area (Å²) in [7, 11) is 0. The van der Waals surface area contributed by atoms with E-state index in [1.165, 1.54) is 141 Å². The number of amides is 1. The summed E-state index contributed by atoms with van der Waals surface area (Å²) in [5, 5.41) is 6.87. The minimum Gasteiger partial charge on any atom is -0.371 e. The van der Waals surface area contributed by atoms with Gasteiger partial charge in [0.2, 0.25) is 5.91 Å². The van der Waals surface area contributed by atoms with Crippen LogP contribution in [0.1, 0.15) is 188 Å². The van der Waals surface area contributed by atoms with Gasteiger partial charge in [0.15, 0.2) is 0 Å². The van der Waals surface area contributed by atoms with Crippen molar-refractivity contribution in [1.29, 1.82) is 0 Å². The van der Waals surface area contributed by atoms with Crippen LogP contribution in [0.2, 0.25) is 0 Å². The largest absolute Gasteiger partial charge is 0.371 e. The van der Waals surface area contributed by atoms with Gasteiger partial charge in [0, 0.05) is 24.9 Å². The Morgan fingerprint density at radius 1 is 0.667 bits per heavy atom. The Morgan fingerprint density at radius 3 is 1.51 bits per heavy atom. The van der Waals surface area contributed by atoms with E-state index in [1.807, 2.05) is 0 Å². The number of amidine groups is 1. The predicted molar refractivity (Wildman–Crippen MR) is 173 cm³/mol. The molecule has 0 saturated heterocycles. The van der Waals surface area contributed by atoms with Crippen LogP contribution in [0.15, 0.2) is 4.99 Å². The fourth-order valence-electron chi connectivity index (χ4n) is 6.12. The van der Waals surface area contributed by atoms with E-state index in [4.69, 9.17) is 4.99 Å². The SMILES string of the molecule is CCCCCCCCCCCCCCCC(=O)NCC(CC)(CCCCCCCCCCCC)C1=NCCN1. The van der Waals surface area contributed by atoms with Crippen molar-refractivity contribution in [1.82, 2.24) is 10.6 Å². The number of nitrogens with one attached hydrogen (secondary N) is 2. The Labute approximate surface area is 244 Å². The van der Waals surface area contributed by atoms with Gasteiger partial charge < -0.3 is 10.6 Å². The summed E-state index contributed by atoms with van der Waals surface area (Å²) in [4.78, 5) is 17.5. The average molecular weight is 548 g/mol. The first-order chi connectivity index (χ1) is 19.2. The molecule has 1 atom stereocenters. The van der Waals surface area contributed by atoms with E-state index in [-0.39, 0.29) is 11.3 Å². The Hall–Kier alpha value is -1.06. The van der Waals surface area contributed by atoms with Gasteiger partial charge in [-0.25, -0.2) is 0 Å². The molecule has 2 N–H and O–H groups in total. The molecule has 4 heteroatoms.